The number of esters is 1. The van der Waals surface area contributed by atoms with Crippen molar-refractivity contribution in [3.63, 3.8) is 0 Å². The molecule has 0 saturated carbocycles. The number of rotatable bonds is 18. The topological polar surface area (TPSA) is 221 Å². The van der Waals surface area contributed by atoms with Crippen LogP contribution in [-0.4, -0.2) is 179 Å². The number of anilines is 1. The summed E-state index contributed by atoms with van der Waals surface area (Å²) in [6, 6.07) is 6.35. The Morgan fingerprint density at radius 3 is 2.24 bits per heavy atom. The van der Waals surface area contributed by atoms with E-state index in [1.54, 1.807) is 55.6 Å². The van der Waals surface area contributed by atoms with Gasteiger partial charge in [0.25, 0.3) is 0 Å². The summed E-state index contributed by atoms with van der Waals surface area (Å²) >= 11 is 0. The van der Waals surface area contributed by atoms with Gasteiger partial charge in [0.1, 0.15) is 23.9 Å². The van der Waals surface area contributed by atoms with Crippen LogP contribution in [0.5, 0.6) is 0 Å². The molecule has 0 radical (unpaired) electrons. The molecular weight excluding hydrogens is 865 g/mol. The molecular formula is C50H90N4O13. The van der Waals surface area contributed by atoms with E-state index in [1.807, 2.05) is 62.0 Å². The van der Waals surface area contributed by atoms with Crippen molar-refractivity contribution in [3.8, 4) is 0 Å². The van der Waals surface area contributed by atoms with Crippen molar-refractivity contribution in [2.45, 2.75) is 206 Å². The van der Waals surface area contributed by atoms with Gasteiger partial charge in [-0.25, -0.2) is 4.79 Å². The second kappa shape index (κ2) is 26.6. The number of nitrogens with zero attached hydrogens (tertiary/aromatic N) is 2. The van der Waals surface area contributed by atoms with Crippen LogP contribution in [0, 0.1) is 17.8 Å². The molecule has 67 heavy (non-hydrogen) atoms. The summed E-state index contributed by atoms with van der Waals surface area (Å²) in [6.45, 7) is 22.8. The number of ether oxygens (including phenoxy) is 6. The minimum absolute atomic E-state index is 0.148. The van der Waals surface area contributed by atoms with Gasteiger partial charge < -0.3 is 69.5 Å². The lowest BCUT2D eigenvalue weighted by Gasteiger charge is -2.47. The Kier molecular flexibility index (Phi) is 23.4. The fourth-order valence-electron chi connectivity index (χ4n) is 9.65. The lowest BCUT2D eigenvalue weighted by atomic mass is 9.77. The molecule has 17 nitrogen and oxygen atoms in total. The van der Waals surface area contributed by atoms with Gasteiger partial charge in [-0.2, -0.15) is 0 Å². The molecule has 7 N–H and O–H groups in total. The van der Waals surface area contributed by atoms with E-state index >= 15 is 0 Å². The number of benzene rings is 1. The zero-order valence-electron chi connectivity index (χ0n) is 43.3. The lowest BCUT2D eigenvalue weighted by molar-refractivity contribution is -0.306. The minimum atomic E-state index is -1.92. The number of aliphatic hydroxyl groups excluding tert-OH is 3. The maximum atomic E-state index is 14.5. The molecule has 2 fully saturated rings. The van der Waals surface area contributed by atoms with Crippen molar-refractivity contribution in [1.29, 1.82) is 0 Å². The maximum absolute atomic E-state index is 14.5. The summed E-state index contributed by atoms with van der Waals surface area (Å²) < 4.78 is 37.6. The number of amides is 2. The van der Waals surface area contributed by atoms with Crippen molar-refractivity contribution in [3.05, 3.63) is 29.8 Å². The summed E-state index contributed by atoms with van der Waals surface area (Å²) in [5, 5.41) is 65.1. The van der Waals surface area contributed by atoms with Gasteiger partial charge in [-0.15, -0.1) is 0 Å². The summed E-state index contributed by atoms with van der Waals surface area (Å²) in [5.41, 5.74) is -1.74. The number of methoxy groups -OCH3 is 1. The van der Waals surface area contributed by atoms with E-state index in [-0.39, 0.29) is 50.0 Å². The van der Waals surface area contributed by atoms with Crippen LogP contribution in [0.3, 0.4) is 0 Å². The highest BCUT2D eigenvalue weighted by Crippen LogP contribution is 2.38. The molecule has 2 aliphatic heterocycles. The van der Waals surface area contributed by atoms with Crippen LogP contribution in [0.25, 0.3) is 0 Å². The number of hydrogen-bond acceptors (Lipinski definition) is 15. The van der Waals surface area contributed by atoms with E-state index in [4.69, 9.17) is 28.4 Å². The third-order valence-electron chi connectivity index (χ3n) is 13.9. The molecule has 17 atom stereocenters. The number of cyclic esters (lactones) is 1. The largest absolute Gasteiger partial charge is 0.459 e. The van der Waals surface area contributed by atoms with Gasteiger partial charge >= 0.3 is 12.0 Å². The van der Waals surface area contributed by atoms with E-state index < -0.39 is 90.4 Å². The Labute approximate surface area is 401 Å². The number of aliphatic hydroxyl groups is 5. The van der Waals surface area contributed by atoms with Gasteiger partial charge in [0.15, 0.2) is 12.6 Å². The monoisotopic (exact) mass is 955 g/mol. The average Bonchev–Trinajstić information content (AvgIpc) is 3.25. The lowest BCUT2D eigenvalue weighted by Crippen LogP contribution is -2.59. The molecule has 0 aromatic heterocycles. The summed E-state index contributed by atoms with van der Waals surface area (Å²) in [5.74, 6) is -2.52. The molecule has 2 amide bonds. The second-order valence-corrected chi connectivity index (χ2v) is 20.6. The first kappa shape index (κ1) is 58.8. The zero-order valence-corrected chi connectivity index (χ0v) is 43.3. The first-order chi connectivity index (χ1) is 31.2. The van der Waals surface area contributed by atoms with Gasteiger partial charge in [0.05, 0.1) is 48.6 Å². The standard InChI is InChI=1S/C50H90N4O13/c1-16-40-50(12,61)44(57)34(8)54(24-17-23-51-48(59)52-38-20-18-37(19-21-38)29(2)3)28-30(4)27-49(11,60)45(67-47-42(56)39(53(13)14)26-31(5)63-47)32(6)43(33(7)46(58)65-40)66-41(22-25-62-15)64-36(10)35(9)55/h18-21,29-36,39-45,47,55-57,60-61H,16-17,22-28H2,1-15H3,(H2,51,52,59)/t30-,31-,32+,33-,34-,35-,36+,39+,40-,41+,42-,43+,44-,45-,47+,49-,50-/m1/s1. The molecule has 0 aliphatic carbocycles. The highest BCUT2D eigenvalue weighted by atomic mass is 16.7. The normalized spacial score (nSPS) is 35.6. The smallest absolute Gasteiger partial charge is 0.319 e. The number of likely N-dealkylation sites (N-methyl/N-ethyl adjacent to an activating group) is 1. The van der Waals surface area contributed by atoms with E-state index in [1.165, 1.54) is 12.5 Å². The van der Waals surface area contributed by atoms with Gasteiger partial charge in [0.2, 0.25) is 0 Å². The summed E-state index contributed by atoms with van der Waals surface area (Å²) in [7, 11) is 5.29. The number of hydrogen-bond donors (Lipinski definition) is 7. The van der Waals surface area contributed by atoms with E-state index in [9.17, 15) is 35.1 Å². The third kappa shape index (κ3) is 16.8. The predicted molar refractivity (Wildman–Crippen MR) is 257 cm³/mol. The van der Waals surface area contributed by atoms with Crippen LogP contribution < -0.4 is 10.6 Å². The molecule has 17 heteroatoms. The number of carbonyl (C=O) groups is 2. The van der Waals surface area contributed by atoms with Gasteiger partial charge in [-0.1, -0.05) is 46.8 Å². The van der Waals surface area contributed by atoms with E-state index in [0.717, 1.165) is 0 Å². The summed E-state index contributed by atoms with van der Waals surface area (Å²) in [4.78, 5) is 31.4. The second-order valence-electron chi connectivity index (χ2n) is 20.6. The maximum Gasteiger partial charge on any atom is 0.319 e. The Morgan fingerprint density at radius 2 is 1.67 bits per heavy atom. The molecule has 3 rings (SSSR count). The van der Waals surface area contributed by atoms with Crippen LogP contribution in [0.1, 0.15) is 127 Å². The van der Waals surface area contributed by atoms with Crippen LogP contribution in [0.15, 0.2) is 24.3 Å². The molecule has 1 aromatic carbocycles. The number of urea groups is 1. The summed E-state index contributed by atoms with van der Waals surface area (Å²) in [6.07, 6.45) is -8.28. The van der Waals surface area contributed by atoms with Crippen LogP contribution >= 0.6 is 0 Å². The van der Waals surface area contributed by atoms with Crippen molar-refractivity contribution in [1.82, 2.24) is 15.1 Å². The minimum Gasteiger partial charge on any atom is -0.459 e. The molecule has 2 aliphatic rings. The number of nitrogens with one attached hydrogen (secondary N) is 2. The molecule has 388 valence electrons. The molecule has 0 bridgehead atoms. The zero-order chi connectivity index (χ0) is 50.6. The quantitative estimate of drug-likeness (QED) is 0.0594. The Hall–Kier alpha value is -2.52. The van der Waals surface area contributed by atoms with Crippen molar-refractivity contribution in [2.24, 2.45) is 17.8 Å². The predicted octanol–water partition coefficient (Wildman–Crippen LogP) is 4.85. The SMILES string of the molecule is CC[C@H]1OC(=O)[C@H](C)[C@@H](O[C@@H](CCOC)O[C@@H](C)[C@@H](C)O)[C@H](C)[C@@H](O[C@@H]2O[C@H](C)C[C@H](N(C)C)[C@H]2O)[C@](C)(O)C[C@@H](C)CN(CCCNC(=O)Nc2ccc(C(C)C)cc2)[C@H](C)[C@@H](O)[C@]1(C)O. The van der Waals surface area contributed by atoms with E-state index in [0.29, 0.717) is 44.1 Å². The van der Waals surface area contributed by atoms with Crippen LogP contribution in [0.2, 0.25) is 0 Å². The Morgan fingerprint density at radius 1 is 1.03 bits per heavy atom. The van der Waals surface area contributed by atoms with Crippen LogP contribution in [0.4, 0.5) is 10.5 Å². The average molecular weight is 955 g/mol. The Bertz CT molecular complexity index is 1620. The van der Waals surface area contributed by atoms with Crippen molar-refractivity contribution >= 4 is 17.7 Å². The molecule has 1 aromatic rings. The van der Waals surface area contributed by atoms with Gasteiger partial charge in [-0.3, -0.25) is 9.69 Å². The highest BCUT2D eigenvalue weighted by molar-refractivity contribution is 5.89. The molecule has 0 spiro atoms. The first-order valence-corrected chi connectivity index (χ1v) is 24.6. The first-order valence-electron chi connectivity index (χ1n) is 24.6. The third-order valence-corrected chi connectivity index (χ3v) is 13.9. The van der Waals surface area contributed by atoms with E-state index in [2.05, 4.69) is 24.5 Å². The molecule has 2 saturated heterocycles. The molecule has 2 heterocycles. The fraction of sp³-hybridized carbons (Fsp3) is 0.840. The van der Waals surface area contributed by atoms with Crippen molar-refractivity contribution in [2.75, 3.05) is 52.8 Å². The van der Waals surface area contributed by atoms with Crippen molar-refractivity contribution < 1.29 is 63.5 Å². The molecule has 0 unspecified atom stereocenters. The van der Waals surface area contributed by atoms with Gasteiger partial charge in [-0.05, 0) is 118 Å². The Balaban J connectivity index is 2.08. The van der Waals surface area contributed by atoms with Gasteiger partial charge in [0, 0.05) is 56.9 Å². The number of carbonyl (C=O) groups excluding carboxylic acids is 2. The fourth-order valence-corrected chi connectivity index (χ4v) is 9.65. The van der Waals surface area contributed by atoms with Crippen LogP contribution in [-0.2, 0) is 33.2 Å². The highest BCUT2D eigenvalue weighted by Gasteiger charge is 2.51.